The highest BCUT2D eigenvalue weighted by atomic mass is 15.3. The van der Waals surface area contributed by atoms with Crippen LogP contribution in [0.15, 0.2) is 0 Å². The van der Waals surface area contributed by atoms with Gasteiger partial charge < -0.3 is 4.48 Å². The van der Waals surface area contributed by atoms with Crippen molar-refractivity contribution in [3.63, 3.8) is 0 Å². The molecule has 0 amide bonds. The summed E-state index contributed by atoms with van der Waals surface area (Å²) in [6.45, 7) is 7.39. The van der Waals surface area contributed by atoms with Crippen molar-refractivity contribution in [2.75, 3.05) is 27.2 Å². The molecule has 0 spiro atoms. The highest BCUT2D eigenvalue weighted by molar-refractivity contribution is 4.53. The SMILES string of the molecule is CCCCCCCCCCCCCCCCCCCCCC[N+](C)(C)CCCCCCCCCCCCCCCCCC. The molecule has 260 valence electrons. The van der Waals surface area contributed by atoms with Crippen molar-refractivity contribution in [3.05, 3.63) is 0 Å². The van der Waals surface area contributed by atoms with E-state index >= 15 is 0 Å². The van der Waals surface area contributed by atoms with Gasteiger partial charge >= 0.3 is 0 Å². The van der Waals surface area contributed by atoms with Gasteiger partial charge in [0.2, 0.25) is 0 Å². The van der Waals surface area contributed by atoms with Crippen molar-refractivity contribution in [2.24, 2.45) is 0 Å². The Balaban J connectivity index is 3.25. The highest BCUT2D eigenvalue weighted by Gasteiger charge is 2.13. The van der Waals surface area contributed by atoms with E-state index in [1.165, 1.54) is 249 Å². The summed E-state index contributed by atoms with van der Waals surface area (Å²) in [6, 6.07) is 0. The van der Waals surface area contributed by atoms with Gasteiger partial charge in [-0.25, -0.2) is 0 Å². The quantitative estimate of drug-likeness (QED) is 0.0484. The number of nitrogens with zero attached hydrogens (tertiary/aromatic N) is 1. The molecule has 1 heteroatoms. The maximum atomic E-state index is 2.47. The molecular weight excluding hydrogens is 518 g/mol. The number of hydrogen-bond donors (Lipinski definition) is 0. The third-order valence-corrected chi connectivity index (χ3v) is 10.2. The molecule has 1 nitrogen and oxygen atoms in total. The van der Waals surface area contributed by atoms with Crippen LogP contribution in [0.2, 0.25) is 0 Å². The number of unbranched alkanes of at least 4 members (excludes halogenated alkanes) is 34. The summed E-state index contributed by atoms with van der Waals surface area (Å²) in [5.74, 6) is 0. The monoisotopic (exact) mass is 607 g/mol. The fourth-order valence-corrected chi connectivity index (χ4v) is 6.99. The van der Waals surface area contributed by atoms with Crippen LogP contribution in [0.5, 0.6) is 0 Å². The van der Waals surface area contributed by atoms with Crippen molar-refractivity contribution < 1.29 is 4.48 Å². The van der Waals surface area contributed by atoms with Crippen molar-refractivity contribution in [2.45, 2.75) is 245 Å². The average Bonchev–Trinajstić information content (AvgIpc) is 3.00. The van der Waals surface area contributed by atoms with Crippen LogP contribution in [0.3, 0.4) is 0 Å². The summed E-state index contributed by atoms with van der Waals surface area (Å²) in [4.78, 5) is 0. The van der Waals surface area contributed by atoms with E-state index in [4.69, 9.17) is 0 Å². The molecule has 0 saturated heterocycles. The van der Waals surface area contributed by atoms with E-state index in [9.17, 15) is 0 Å². The minimum atomic E-state index is 1.25. The maximum absolute atomic E-state index is 2.47. The number of hydrogen-bond acceptors (Lipinski definition) is 0. The molecule has 43 heavy (non-hydrogen) atoms. The molecule has 0 fully saturated rings. The first-order valence-electron chi connectivity index (χ1n) is 20.9. The second-order valence-corrected chi connectivity index (χ2v) is 15.4. The Bertz CT molecular complexity index is 483. The molecule has 0 radical (unpaired) electrons. The zero-order valence-electron chi connectivity index (χ0n) is 31.3. The first kappa shape index (κ1) is 43.0. The minimum Gasteiger partial charge on any atom is -0.328 e. The predicted molar refractivity (Wildman–Crippen MR) is 199 cm³/mol. The van der Waals surface area contributed by atoms with E-state index < -0.39 is 0 Å². The molecule has 0 aromatic carbocycles. The largest absolute Gasteiger partial charge is 0.328 e. The van der Waals surface area contributed by atoms with Gasteiger partial charge in [-0.05, 0) is 25.7 Å². The van der Waals surface area contributed by atoms with E-state index in [1.807, 2.05) is 0 Å². The van der Waals surface area contributed by atoms with Gasteiger partial charge in [0.15, 0.2) is 0 Å². The van der Waals surface area contributed by atoms with E-state index in [1.54, 1.807) is 0 Å². The lowest BCUT2D eigenvalue weighted by molar-refractivity contribution is -0.890. The fraction of sp³-hybridized carbons (Fsp3) is 1.00. The molecule has 0 aliphatic rings. The summed E-state index contributed by atoms with van der Waals surface area (Å²) < 4.78 is 1.25. The average molecular weight is 607 g/mol. The lowest BCUT2D eigenvalue weighted by atomic mass is 10.0. The molecule has 0 N–H and O–H groups in total. The molecule has 0 aliphatic carbocycles. The Morgan fingerprint density at radius 3 is 0.512 bits per heavy atom. The molecule has 0 rings (SSSR count). The molecule has 0 aliphatic heterocycles. The maximum Gasteiger partial charge on any atom is 0.0782 e. The molecule has 0 unspecified atom stereocenters. The third-order valence-electron chi connectivity index (χ3n) is 10.2. The second-order valence-electron chi connectivity index (χ2n) is 15.4. The van der Waals surface area contributed by atoms with Gasteiger partial charge in [-0.15, -0.1) is 0 Å². The van der Waals surface area contributed by atoms with Gasteiger partial charge in [0, 0.05) is 0 Å². The Morgan fingerprint density at radius 1 is 0.209 bits per heavy atom. The lowest BCUT2D eigenvalue weighted by Gasteiger charge is -2.30. The summed E-state index contributed by atoms with van der Waals surface area (Å²) in [5.41, 5.74) is 0. The van der Waals surface area contributed by atoms with Crippen LogP contribution in [0.25, 0.3) is 0 Å². The Morgan fingerprint density at radius 2 is 0.349 bits per heavy atom. The molecule has 0 saturated carbocycles. The molecular formula is C42H88N+. The van der Waals surface area contributed by atoms with E-state index in [0.29, 0.717) is 0 Å². The van der Waals surface area contributed by atoms with Crippen LogP contribution >= 0.6 is 0 Å². The number of rotatable bonds is 38. The summed E-state index contributed by atoms with van der Waals surface area (Å²) >= 11 is 0. The molecule has 0 atom stereocenters. The standard InChI is InChI=1S/C42H88N/c1-5-7-9-11-13-15-17-19-21-23-24-25-26-28-30-32-34-36-38-40-42-43(3,4)41-39-37-35-33-31-29-27-22-20-18-16-14-12-10-8-6-2/h5-42H2,1-4H3/q+1. The smallest absolute Gasteiger partial charge is 0.0782 e. The predicted octanol–water partition coefficient (Wildman–Crippen LogP) is 15.1. The van der Waals surface area contributed by atoms with Crippen molar-refractivity contribution in [1.82, 2.24) is 0 Å². The van der Waals surface area contributed by atoms with Crippen molar-refractivity contribution in [3.8, 4) is 0 Å². The Hall–Kier alpha value is -0.0400. The number of quaternary nitrogens is 1. The highest BCUT2D eigenvalue weighted by Crippen LogP contribution is 2.17. The molecule has 0 heterocycles. The molecule has 0 aromatic heterocycles. The normalized spacial score (nSPS) is 12.0. The van der Waals surface area contributed by atoms with Gasteiger partial charge in [-0.3, -0.25) is 0 Å². The van der Waals surface area contributed by atoms with Gasteiger partial charge in [-0.1, -0.05) is 219 Å². The van der Waals surface area contributed by atoms with E-state index in [0.717, 1.165) is 0 Å². The summed E-state index contributed by atoms with van der Waals surface area (Å²) in [6.07, 6.45) is 52.9. The van der Waals surface area contributed by atoms with Gasteiger partial charge in [-0.2, -0.15) is 0 Å². The van der Waals surface area contributed by atoms with Crippen LogP contribution in [0.1, 0.15) is 245 Å². The van der Waals surface area contributed by atoms with E-state index in [2.05, 4.69) is 27.9 Å². The molecule has 0 aromatic rings. The third kappa shape index (κ3) is 38.1. The topological polar surface area (TPSA) is 0 Å². The fourth-order valence-electron chi connectivity index (χ4n) is 6.99. The minimum absolute atomic E-state index is 1.25. The Kier molecular flexibility index (Phi) is 36.4. The van der Waals surface area contributed by atoms with Crippen LogP contribution in [-0.2, 0) is 0 Å². The van der Waals surface area contributed by atoms with E-state index in [-0.39, 0.29) is 0 Å². The van der Waals surface area contributed by atoms with Crippen LogP contribution in [-0.4, -0.2) is 31.7 Å². The Labute approximate surface area is 276 Å². The first-order valence-corrected chi connectivity index (χ1v) is 20.9. The summed E-state index contributed by atoms with van der Waals surface area (Å²) in [7, 11) is 4.95. The van der Waals surface area contributed by atoms with Crippen LogP contribution in [0.4, 0.5) is 0 Å². The summed E-state index contributed by atoms with van der Waals surface area (Å²) in [5, 5.41) is 0. The lowest BCUT2D eigenvalue weighted by Crippen LogP contribution is -2.41. The van der Waals surface area contributed by atoms with Gasteiger partial charge in [0.25, 0.3) is 0 Å². The second kappa shape index (κ2) is 36.4. The van der Waals surface area contributed by atoms with Crippen LogP contribution in [0, 0.1) is 0 Å². The van der Waals surface area contributed by atoms with Crippen molar-refractivity contribution >= 4 is 0 Å². The zero-order valence-corrected chi connectivity index (χ0v) is 31.3. The zero-order chi connectivity index (χ0) is 31.4. The van der Waals surface area contributed by atoms with Crippen molar-refractivity contribution in [1.29, 1.82) is 0 Å². The molecule has 0 bridgehead atoms. The van der Waals surface area contributed by atoms with Gasteiger partial charge in [0.05, 0.1) is 27.2 Å². The van der Waals surface area contributed by atoms with Crippen LogP contribution < -0.4 is 0 Å². The first-order chi connectivity index (χ1) is 21.1. The van der Waals surface area contributed by atoms with Gasteiger partial charge in [0.1, 0.15) is 0 Å².